The minimum Gasteiger partial charge on any atom is -0.410 e. The molecule has 0 aromatic carbocycles. The lowest BCUT2D eigenvalue weighted by atomic mass is 10.2. The van der Waals surface area contributed by atoms with E-state index in [2.05, 4.69) is 15.0 Å². The number of aryl methyl sites for hydroxylation is 1. The zero-order chi connectivity index (χ0) is 25.9. The molecule has 4 rings (SSSR count). The van der Waals surface area contributed by atoms with E-state index in [1.807, 2.05) is 0 Å². The number of amides is 1. The first-order valence-corrected chi connectivity index (χ1v) is 11.2. The molecule has 0 bridgehead atoms. The van der Waals surface area contributed by atoms with E-state index in [9.17, 15) is 31.1 Å². The van der Waals surface area contributed by atoms with Crippen LogP contribution in [-0.2, 0) is 7.05 Å². The van der Waals surface area contributed by atoms with E-state index in [0.717, 1.165) is 28.9 Å². The van der Waals surface area contributed by atoms with Crippen molar-refractivity contribution < 1.29 is 40.4 Å². The fraction of sp³-hybridized carbons (Fsp3) is 0.450. The van der Waals surface area contributed by atoms with Crippen LogP contribution in [0.2, 0.25) is 4.34 Å². The minimum atomic E-state index is -5.83. The van der Waals surface area contributed by atoms with Gasteiger partial charge in [-0.05, 0) is 25.8 Å². The first-order chi connectivity index (χ1) is 16.2. The Labute approximate surface area is 203 Å². The van der Waals surface area contributed by atoms with Gasteiger partial charge >= 0.3 is 12.3 Å². The SMILES string of the molecule is Cc1c(OC(F)(F)C(F)C(F)(F)F)nn(C)c1-c1cc(-c2cc(C(=O)N(C)C3CC3)c(Cl)s2)on1. The molecule has 0 spiro atoms. The zero-order valence-corrected chi connectivity index (χ0v) is 19.9. The molecule has 1 amide bonds. The maximum Gasteiger partial charge on any atom is 0.440 e. The molecule has 15 heteroatoms. The molecule has 1 saturated carbocycles. The van der Waals surface area contributed by atoms with Crippen molar-refractivity contribution in [3.8, 4) is 27.9 Å². The summed E-state index contributed by atoms with van der Waals surface area (Å²) >= 11 is 7.32. The molecular formula is C20H17ClF6N4O3S. The van der Waals surface area contributed by atoms with Crippen LogP contribution in [0, 0.1) is 6.92 Å². The maximum absolute atomic E-state index is 13.7. The third-order valence-electron chi connectivity index (χ3n) is 5.38. The topological polar surface area (TPSA) is 73.4 Å². The Morgan fingerprint density at radius 1 is 1.31 bits per heavy atom. The minimum absolute atomic E-state index is 0.0839. The number of carbonyl (C=O) groups excluding carboxylic acids is 1. The van der Waals surface area contributed by atoms with Gasteiger partial charge in [0.05, 0.1) is 16.1 Å². The number of carbonyl (C=O) groups is 1. The van der Waals surface area contributed by atoms with Gasteiger partial charge in [-0.25, -0.2) is 4.39 Å². The van der Waals surface area contributed by atoms with Gasteiger partial charge in [0.25, 0.3) is 12.1 Å². The summed E-state index contributed by atoms with van der Waals surface area (Å²) < 4.78 is 88.5. The highest BCUT2D eigenvalue weighted by Crippen LogP contribution is 2.41. The Balaban J connectivity index is 1.60. The molecule has 0 saturated heterocycles. The Bertz CT molecular complexity index is 1270. The summed E-state index contributed by atoms with van der Waals surface area (Å²) in [5.41, 5.74) is 0.345. The number of hydrogen-bond acceptors (Lipinski definition) is 6. The van der Waals surface area contributed by atoms with E-state index in [1.54, 1.807) is 18.0 Å². The molecule has 35 heavy (non-hydrogen) atoms. The van der Waals surface area contributed by atoms with Gasteiger partial charge in [-0.3, -0.25) is 9.48 Å². The first kappa shape index (κ1) is 25.4. The van der Waals surface area contributed by atoms with Crippen molar-refractivity contribution in [2.45, 2.75) is 44.3 Å². The molecule has 7 nitrogen and oxygen atoms in total. The number of alkyl halides is 6. The van der Waals surface area contributed by atoms with Gasteiger partial charge in [-0.15, -0.1) is 16.4 Å². The number of nitrogens with zero attached hydrogens (tertiary/aromatic N) is 4. The first-order valence-electron chi connectivity index (χ1n) is 10.1. The highest BCUT2D eigenvalue weighted by molar-refractivity contribution is 7.19. The van der Waals surface area contributed by atoms with E-state index < -0.39 is 24.3 Å². The summed E-state index contributed by atoms with van der Waals surface area (Å²) in [5.74, 6) is -0.941. The average molecular weight is 543 g/mol. The van der Waals surface area contributed by atoms with Crippen LogP contribution in [0.4, 0.5) is 26.3 Å². The van der Waals surface area contributed by atoms with Gasteiger partial charge < -0.3 is 14.2 Å². The van der Waals surface area contributed by atoms with Crippen LogP contribution in [-0.4, -0.2) is 57.3 Å². The maximum atomic E-state index is 13.7. The van der Waals surface area contributed by atoms with E-state index >= 15 is 0 Å². The average Bonchev–Trinajstić information content (AvgIpc) is 3.28. The predicted octanol–water partition coefficient (Wildman–Crippen LogP) is 5.87. The molecule has 3 heterocycles. The van der Waals surface area contributed by atoms with Gasteiger partial charge in [0.15, 0.2) is 5.76 Å². The third kappa shape index (κ3) is 4.85. The van der Waals surface area contributed by atoms with E-state index in [0.29, 0.717) is 10.4 Å². The molecule has 1 aliphatic carbocycles. The highest BCUT2D eigenvalue weighted by atomic mass is 35.5. The van der Waals surface area contributed by atoms with Crippen LogP contribution < -0.4 is 4.74 Å². The van der Waals surface area contributed by atoms with Crippen LogP contribution >= 0.6 is 22.9 Å². The summed E-state index contributed by atoms with van der Waals surface area (Å²) in [5, 5.41) is 7.49. The van der Waals surface area contributed by atoms with Gasteiger partial charge in [-0.2, -0.15) is 22.0 Å². The number of rotatable bonds is 7. The molecule has 190 valence electrons. The lowest BCUT2D eigenvalue weighted by molar-refractivity contribution is -0.305. The molecule has 1 fully saturated rings. The Hall–Kier alpha value is -2.74. The number of aromatic nitrogens is 3. The fourth-order valence-corrected chi connectivity index (χ4v) is 4.60. The Kier molecular flexibility index (Phi) is 6.32. The van der Waals surface area contributed by atoms with Crippen molar-refractivity contribution in [2.24, 2.45) is 7.05 Å². The van der Waals surface area contributed by atoms with E-state index in [-0.39, 0.29) is 39.0 Å². The summed E-state index contributed by atoms with van der Waals surface area (Å²) in [6, 6.07) is 3.14. The van der Waals surface area contributed by atoms with Crippen LogP contribution in [0.1, 0.15) is 28.8 Å². The number of ether oxygens (including phenoxy) is 1. The molecular weight excluding hydrogens is 526 g/mol. The van der Waals surface area contributed by atoms with Crippen molar-refractivity contribution >= 4 is 28.8 Å². The summed E-state index contributed by atoms with van der Waals surface area (Å²) in [7, 11) is 3.00. The van der Waals surface area contributed by atoms with E-state index in [4.69, 9.17) is 16.1 Å². The second-order valence-electron chi connectivity index (χ2n) is 7.99. The van der Waals surface area contributed by atoms with Crippen LogP contribution in [0.25, 0.3) is 22.0 Å². The lowest BCUT2D eigenvalue weighted by Crippen LogP contribution is -2.45. The van der Waals surface area contributed by atoms with Gasteiger partial charge in [0.2, 0.25) is 5.88 Å². The van der Waals surface area contributed by atoms with Gasteiger partial charge in [-0.1, -0.05) is 16.8 Å². The van der Waals surface area contributed by atoms with Crippen molar-refractivity contribution in [1.29, 1.82) is 0 Å². The standard InChI is InChI=1S/C20H17ClF6N4O3S/c1-8-14(31(3)28-16(8)33-20(26,27)18(22)19(23,24)25)11-7-12(34-29-11)13-6-10(15(21)35-13)17(32)30(2)9-4-5-9/h6-7,9,18H,4-5H2,1-3H3. The van der Waals surface area contributed by atoms with Crippen molar-refractivity contribution in [2.75, 3.05) is 7.05 Å². The molecule has 0 radical (unpaired) electrons. The smallest absolute Gasteiger partial charge is 0.410 e. The predicted molar refractivity (Wildman–Crippen MR) is 113 cm³/mol. The van der Waals surface area contributed by atoms with E-state index in [1.165, 1.54) is 20.0 Å². The molecule has 0 N–H and O–H groups in total. The fourth-order valence-electron chi connectivity index (χ4n) is 3.39. The Morgan fingerprint density at radius 2 is 1.97 bits per heavy atom. The molecule has 3 aromatic rings. The summed E-state index contributed by atoms with van der Waals surface area (Å²) in [6.45, 7) is 1.25. The van der Waals surface area contributed by atoms with Crippen LogP contribution in [0.15, 0.2) is 16.7 Å². The number of thiophene rings is 1. The molecule has 1 unspecified atom stereocenters. The normalized spacial score (nSPS) is 15.4. The van der Waals surface area contributed by atoms with Crippen molar-refractivity contribution in [1.82, 2.24) is 19.8 Å². The largest absolute Gasteiger partial charge is 0.440 e. The molecule has 0 aliphatic heterocycles. The second-order valence-corrected chi connectivity index (χ2v) is 9.65. The van der Waals surface area contributed by atoms with Gasteiger partial charge in [0, 0.05) is 31.8 Å². The summed E-state index contributed by atoms with van der Waals surface area (Å²) in [4.78, 5) is 14.7. The molecule has 3 aromatic heterocycles. The van der Waals surface area contributed by atoms with Crippen molar-refractivity contribution in [3.63, 3.8) is 0 Å². The third-order valence-corrected chi connectivity index (χ3v) is 6.76. The van der Waals surface area contributed by atoms with Gasteiger partial charge in [0.1, 0.15) is 10.0 Å². The quantitative estimate of drug-likeness (QED) is 0.349. The molecule has 1 aliphatic rings. The Morgan fingerprint density at radius 3 is 2.57 bits per heavy atom. The number of halogens is 7. The lowest BCUT2D eigenvalue weighted by Gasteiger charge is -2.22. The van der Waals surface area contributed by atoms with Crippen molar-refractivity contribution in [3.05, 3.63) is 27.6 Å². The number of hydrogen-bond donors (Lipinski definition) is 0. The summed E-state index contributed by atoms with van der Waals surface area (Å²) in [6.07, 6.45) is -13.7. The van der Waals surface area contributed by atoms with Crippen LogP contribution in [0.5, 0.6) is 5.88 Å². The monoisotopic (exact) mass is 542 g/mol. The zero-order valence-electron chi connectivity index (χ0n) is 18.3. The highest BCUT2D eigenvalue weighted by Gasteiger charge is 2.59. The molecule has 1 atom stereocenters. The van der Waals surface area contributed by atoms with Crippen LogP contribution in [0.3, 0.4) is 0 Å². The second kappa shape index (κ2) is 8.73.